The van der Waals surface area contributed by atoms with Gasteiger partial charge in [0.25, 0.3) is 0 Å². The third kappa shape index (κ3) is 4.05. The highest BCUT2D eigenvalue weighted by Gasteiger charge is 2.18. The van der Waals surface area contributed by atoms with E-state index < -0.39 is 0 Å². The zero-order valence-electron chi connectivity index (χ0n) is 15.1. The van der Waals surface area contributed by atoms with Crippen LogP contribution in [0.25, 0.3) is 0 Å². The molecule has 25 heavy (non-hydrogen) atoms. The van der Waals surface area contributed by atoms with Gasteiger partial charge in [-0.25, -0.2) is 0 Å². The van der Waals surface area contributed by atoms with Crippen LogP contribution in [0.4, 0.5) is 5.69 Å². The van der Waals surface area contributed by atoms with Crippen LogP contribution in [-0.4, -0.2) is 51.1 Å². The van der Waals surface area contributed by atoms with Gasteiger partial charge in [-0.1, -0.05) is 12.1 Å². The standard InChI is InChI=1S/C20H25N3O2/c1-16(17-8-10-18(24-2)11-9-17)21-23-14-12-22(13-15-23)19-6-4-5-7-20(19)25-3/h4-11H,12-15H2,1-3H3. The van der Waals surface area contributed by atoms with E-state index in [-0.39, 0.29) is 0 Å². The summed E-state index contributed by atoms with van der Waals surface area (Å²) in [5, 5.41) is 6.93. The van der Waals surface area contributed by atoms with Gasteiger partial charge in [-0.2, -0.15) is 5.10 Å². The zero-order chi connectivity index (χ0) is 17.6. The van der Waals surface area contributed by atoms with Crippen LogP contribution >= 0.6 is 0 Å². The molecule has 0 atom stereocenters. The first-order valence-corrected chi connectivity index (χ1v) is 8.54. The van der Waals surface area contributed by atoms with Gasteiger partial charge in [-0.05, 0) is 48.9 Å². The van der Waals surface area contributed by atoms with E-state index in [2.05, 4.69) is 29.0 Å². The summed E-state index contributed by atoms with van der Waals surface area (Å²) in [4.78, 5) is 2.35. The molecule has 2 aromatic carbocycles. The molecule has 0 N–H and O–H groups in total. The first kappa shape index (κ1) is 17.1. The number of anilines is 1. The van der Waals surface area contributed by atoms with E-state index in [9.17, 15) is 0 Å². The van der Waals surface area contributed by atoms with Crippen molar-refractivity contribution < 1.29 is 9.47 Å². The predicted octanol–water partition coefficient (Wildman–Crippen LogP) is 3.25. The summed E-state index contributed by atoms with van der Waals surface area (Å²) in [6, 6.07) is 16.2. The van der Waals surface area contributed by atoms with Crippen molar-refractivity contribution in [2.45, 2.75) is 6.92 Å². The minimum absolute atomic E-state index is 0.863. The maximum Gasteiger partial charge on any atom is 0.142 e. The van der Waals surface area contributed by atoms with E-state index >= 15 is 0 Å². The number of hydrogen-bond acceptors (Lipinski definition) is 5. The Balaban J connectivity index is 1.63. The number of nitrogens with zero attached hydrogens (tertiary/aromatic N) is 3. The maximum atomic E-state index is 5.47. The molecule has 5 heteroatoms. The Bertz CT molecular complexity index is 720. The van der Waals surface area contributed by atoms with Gasteiger partial charge in [0.05, 0.1) is 38.7 Å². The second-order valence-corrected chi connectivity index (χ2v) is 6.03. The van der Waals surface area contributed by atoms with Crippen LogP contribution in [0.5, 0.6) is 11.5 Å². The summed E-state index contributed by atoms with van der Waals surface area (Å²) in [7, 11) is 3.40. The number of rotatable bonds is 5. The molecule has 1 aliphatic heterocycles. The lowest BCUT2D eigenvalue weighted by molar-refractivity contribution is 0.269. The first-order valence-electron chi connectivity index (χ1n) is 8.54. The van der Waals surface area contributed by atoms with Crippen molar-refractivity contribution in [3.63, 3.8) is 0 Å². The molecule has 0 aliphatic carbocycles. The molecule has 1 fully saturated rings. The Morgan fingerprint density at radius 3 is 2.20 bits per heavy atom. The van der Waals surface area contributed by atoms with Crippen molar-refractivity contribution >= 4 is 11.4 Å². The fourth-order valence-corrected chi connectivity index (χ4v) is 3.03. The Kier molecular flexibility index (Phi) is 5.43. The minimum Gasteiger partial charge on any atom is -0.497 e. The summed E-state index contributed by atoms with van der Waals surface area (Å²) in [6.07, 6.45) is 0. The fourth-order valence-electron chi connectivity index (χ4n) is 3.03. The van der Waals surface area contributed by atoms with Gasteiger partial charge in [0, 0.05) is 13.1 Å². The molecule has 1 saturated heterocycles. The lowest BCUT2D eigenvalue weighted by Gasteiger charge is -2.35. The number of methoxy groups -OCH3 is 2. The molecule has 0 radical (unpaired) electrons. The molecule has 2 aromatic rings. The third-order valence-electron chi connectivity index (χ3n) is 4.48. The van der Waals surface area contributed by atoms with E-state index in [1.54, 1.807) is 14.2 Å². The lowest BCUT2D eigenvalue weighted by Crippen LogP contribution is -2.44. The Morgan fingerprint density at radius 1 is 0.880 bits per heavy atom. The molecule has 0 spiro atoms. The molecule has 0 aromatic heterocycles. The average Bonchev–Trinajstić information content (AvgIpc) is 2.68. The van der Waals surface area contributed by atoms with Crippen molar-refractivity contribution in [1.82, 2.24) is 5.01 Å². The fraction of sp³-hybridized carbons (Fsp3) is 0.350. The van der Waals surface area contributed by atoms with E-state index in [1.807, 2.05) is 36.4 Å². The number of benzene rings is 2. The number of ether oxygens (including phenoxy) is 2. The van der Waals surface area contributed by atoms with Gasteiger partial charge in [-0.3, -0.25) is 5.01 Å². The molecule has 1 aliphatic rings. The Hall–Kier alpha value is -2.69. The zero-order valence-corrected chi connectivity index (χ0v) is 15.1. The largest absolute Gasteiger partial charge is 0.497 e. The molecule has 0 amide bonds. The number of hydrazone groups is 1. The average molecular weight is 339 g/mol. The highest BCUT2D eigenvalue weighted by Crippen LogP contribution is 2.28. The monoisotopic (exact) mass is 339 g/mol. The van der Waals surface area contributed by atoms with Crippen molar-refractivity contribution in [2.24, 2.45) is 5.10 Å². The van der Waals surface area contributed by atoms with Gasteiger partial charge in [-0.15, -0.1) is 0 Å². The van der Waals surface area contributed by atoms with Crippen LogP contribution in [0.1, 0.15) is 12.5 Å². The quantitative estimate of drug-likeness (QED) is 0.784. The van der Waals surface area contributed by atoms with Gasteiger partial charge in [0.1, 0.15) is 11.5 Å². The SMILES string of the molecule is COc1ccc(C(C)=NN2CCN(c3ccccc3OC)CC2)cc1. The number of para-hydroxylation sites is 2. The second kappa shape index (κ2) is 7.92. The second-order valence-electron chi connectivity index (χ2n) is 6.03. The van der Waals surface area contributed by atoms with Crippen molar-refractivity contribution in [3.8, 4) is 11.5 Å². The smallest absolute Gasteiger partial charge is 0.142 e. The van der Waals surface area contributed by atoms with Gasteiger partial charge >= 0.3 is 0 Å². The Morgan fingerprint density at radius 2 is 1.56 bits per heavy atom. The van der Waals surface area contributed by atoms with E-state index in [0.717, 1.165) is 54.6 Å². The van der Waals surface area contributed by atoms with Crippen LogP contribution in [-0.2, 0) is 0 Å². The minimum atomic E-state index is 0.863. The van der Waals surface area contributed by atoms with Gasteiger partial charge in [0.2, 0.25) is 0 Å². The summed E-state index contributed by atoms with van der Waals surface area (Å²) >= 11 is 0. The normalized spacial score (nSPS) is 15.2. The molecular formula is C20H25N3O2. The van der Waals surface area contributed by atoms with E-state index in [4.69, 9.17) is 14.6 Å². The van der Waals surface area contributed by atoms with E-state index in [0.29, 0.717) is 0 Å². The summed E-state index contributed by atoms with van der Waals surface area (Å²) in [6.45, 7) is 5.70. The van der Waals surface area contributed by atoms with Crippen molar-refractivity contribution in [1.29, 1.82) is 0 Å². The van der Waals surface area contributed by atoms with Gasteiger partial charge in [0.15, 0.2) is 0 Å². The molecule has 1 heterocycles. The molecule has 3 rings (SSSR count). The van der Waals surface area contributed by atoms with Crippen LogP contribution in [0.3, 0.4) is 0 Å². The molecule has 5 nitrogen and oxygen atoms in total. The molecule has 0 bridgehead atoms. The number of hydrogen-bond donors (Lipinski definition) is 0. The van der Waals surface area contributed by atoms with Crippen LogP contribution in [0.15, 0.2) is 53.6 Å². The summed E-state index contributed by atoms with van der Waals surface area (Å²) in [5.74, 6) is 1.79. The van der Waals surface area contributed by atoms with E-state index in [1.165, 1.54) is 0 Å². The number of piperazine rings is 1. The highest BCUT2D eigenvalue weighted by molar-refractivity contribution is 5.98. The van der Waals surface area contributed by atoms with Crippen molar-refractivity contribution in [2.75, 3.05) is 45.3 Å². The molecule has 0 unspecified atom stereocenters. The molecular weight excluding hydrogens is 314 g/mol. The Labute approximate surface area is 149 Å². The molecule has 0 saturated carbocycles. The van der Waals surface area contributed by atoms with Crippen LogP contribution < -0.4 is 14.4 Å². The third-order valence-corrected chi connectivity index (χ3v) is 4.48. The predicted molar refractivity (Wildman–Crippen MR) is 102 cm³/mol. The topological polar surface area (TPSA) is 37.3 Å². The van der Waals surface area contributed by atoms with Crippen LogP contribution in [0.2, 0.25) is 0 Å². The lowest BCUT2D eigenvalue weighted by atomic mass is 10.1. The summed E-state index contributed by atoms with van der Waals surface area (Å²) in [5.41, 5.74) is 3.29. The highest BCUT2D eigenvalue weighted by atomic mass is 16.5. The maximum absolute atomic E-state index is 5.47. The molecule has 132 valence electrons. The first-order chi connectivity index (χ1) is 12.2. The summed E-state index contributed by atoms with van der Waals surface area (Å²) < 4.78 is 10.7. The van der Waals surface area contributed by atoms with Crippen molar-refractivity contribution in [3.05, 3.63) is 54.1 Å². The van der Waals surface area contributed by atoms with Crippen LogP contribution in [0, 0.1) is 0 Å². The van der Waals surface area contributed by atoms with Gasteiger partial charge < -0.3 is 14.4 Å².